The zero-order chi connectivity index (χ0) is 15.9. The highest BCUT2D eigenvalue weighted by Crippen LogP contribution is 2.13. The maximum absolute atomic E-state index is 9.98. The summed E-state index contributed by atoms with van der Waals surface area (Å²) in [5.74, 6) is 0. The number of rotatable bonds is 7. The summed E-state index contributed by atoms with van der Waals surface area (Å²) in [4.78, 5) is 4.75. The lowest BCUT2D eigenvalue weighted by molar-refractivity contribution is -0.0148. The summed E-state index contributed by atoms with van der Waals surface area (Å²) in [6.07, 6.45) is -0.226. The first-order valence-corrected chi connectivity index (χ1v) is 8.39. The molecule has 1 atom stereocenters. The summed E-state index contributed by atoms with van der Waals surface area (Å²) in [7, 11) is 0. The standard InChI is InChI=1S/C17H27ClN2O2.2ClH/c1-14(2)22-13-17(21)12-20-9-7-19(8-10-20)11-15-3-5-16(18)6-4-15;;/h3-6,14,17,21H,7-13H2,1-2H3;2*1H. The van der Waals surface area contributed by atoms with Crippen LogP contribution in [-0.2, 0) is 11.3 Å². The first-order chi connectivity index (χ1) is 10.5. The van der Waals surface area contributed by atoms with Crippen LogP contribution < -0.4 is 0 Å². The van der Waals surface area contributed by atoms with Gasteiger partial charge in [0.2, 0.25) is 0 Å². The van der Waals surface area contributed by atoms with Crippen molar-refractivity contribution in [3.8, 4) is 0 Å². The Hall–Kier alpha value is -0.0700. The van der Waals surface area contributed by atoms with Gasteiger partial charge in [0, 0.05) is 44.3 Å². The van der Waals surface area contributed by atoms with Crippen LogP contribution in [0.5, 0.6) is 0 Å². The van der Waals surface area contributed by atoms with Crippen LogP contribution in [0.1, 0.15) is 19.4 Å². The Kier molecular flexibility index (Phi) is 12.3. The summed E-state index contributed by atoms with van der Waals surface area (Å²) >= 11 is 5.91. The van der Waals surface area contributed by atoms with E-state index >= 15 is 0 Å². The quantitative estimate of drug-likeness (QED) is 0.764. The van der Waals surface area contributed by atoms with Gasteiger partial charge in [0.1, 0.15) is 0 Å². The molecule has 1 aliphatic rings. The Balaban J connectivity index is 0.00000264. The van der Waals surface area contributed by atoms with Crippen molar-refractivity contribution in [2.24, 2.45) is 0 Å². The first-order valence-electron chi connectivity index (χ1n) is 8.02. The Morgan fingerprint density at radius 3 is 2.12 bits per heavy atom. The van der Waals surface area contributed by atoms with Gasteiger partial charge in [-0.3, -0.25) is 9.80 Å². The highest BCUT2D eigenvalue weighted by molar-refractivity contribution is 6.30. The molecule has 140 valence electrons. The van der Waals surface area contributed by atoms with E-state index in [1.165, 1.54) is 5.56 Å². The van der Waals surface area contributed by atoms with E-state index in [1.807, 2.05) is 26.0 Å². The number of hydrogen-bond acceptors (Lipinski definition) is 4. The molecule has 1 aromatic carbocycles. The molecular formula is C17H29Cl3N2O2. The maximum atomic E-state index is 9.98. The molecule has 0 aromatic heterocycles. The van der Waals surface area contributed by atoms with Gasteiger partial charge >= 0.3 is 0 Å². The highest BCUT2D eigenvalue weighted by atomic mass is 35.5. The highest BCUT2D eigenvalue weighted by Gasteiger charge is 2.19. The van der Waals surface area contributed by atoms with E-state index < -0.39 is 6.10 Å². The first kappa shape index (κ1) is 23.9. The lowest BCUT2D eigenvalue weighted by Gasteiger charge is -2.35. The van der Waals surface area contributed by atoms with Gasteiger partial charge in [-0.2, -0.15) is 0 Å². The minimum Gasteiger partial charge on any atom is -0.389 e. The number of halogens is 3. The molecule has 2 rings (SSSR count). The fourth-order valence-corrected chi connectivity index (χ4v) is 2.76. The number of aliphatic hydroxyl groups excluding tert-OH is 1. The minimum absolute atomic E-state index is 0. The molecule has 4 nitrogen and oxygen atoms in total. The van der Waals surface area contributed by atoms with Crippen molar-refractivity contribution in [1.29, 1.82) is 0 Å². The van der Waals surface area contributed by atoms with Crippen molar-refractivity contribution in [2.75, 3.05) is 39.3 Å². The van der Waals surface area contributed by atoms with Gasteiger partial charge in [-0.25, -0.2) is 0 Å². The van der Waals surface area contributed by atoms with Crippen LogP contribution >= 0.6 is 36.4 Å². The van der Waals surface area contributed by atoms with Crippen LogP contribution in [-0.4, -0.2) is 66.4 Å². The molecule has 0 radical (unpaired) electrons. The number of hydrogen-bond donors (Lipinski definition) is 1. The second-order valence-electron chi connectivity index (χ2n) is 6.24. The van der Waals surface area contributed by atoms with Gasteiger partial charge in [0.05, 0.1) is 18.8 Å². The normalized spacial score (nSPS) is 17.2. The van der Waals surface area contributed by atoms with Gasteiger partial charge in [-0.1, -0.05) is 23.7 Å². The van der Waals surface area contributed by atoms with E-state index in [9.17, 15) is 5.11 Å². The predicted molar refractivity (Wildman–Crippen MR) is 105 cm³/mol. The SMILES string of the molecule is CC(C)OCC(O)CN1CCN(Cc2ccc(Cl)cc2)CC1.Cl.Cl. The minimum atomic E-state index is -0.398. The molecule has 1 unspecified atom stereocenters. The fraction of sp³-hybridized carbons (Fsp3) is 0.647. The predicted octanol–water partition coefficient (Wildman–Crippen LogP) is 3.09. The summed E-state index contributed by atoms with van der Waals surface area (Å²) < 4.78 is 5.46. The van der Waals surface area contributed by atoms with Crippen LogP contribution in [0.2, 0.25) is 5.02 Å². The zero-order valence-corrected chi connectivity index (χ0v) is 16.7. The molecule has 0 saturated carbocycles. The summed E-state index contributed by atoms with van der Waals surface area (Å²) in [5.41, 5.74) is 1.29. The molecule has 1 aliphatic heterocycles. The van der Waals surface area contributed by atoms with Crippen LogP contribution in [0.3, 0.4) is 0 Å². The summed E-state index contributed by atoms with van der Waals surface area (Å²) in [6, 6.07) is 8.06. The number of β-amino-alcohol motifs (C(OH)–C–C–N with tert-alkyl or cyclic N) is 1. The van der Waals surface area contributed by atoms with Crippen molar-refractivity contribution >= 4 is 36.4 Å². The van der Waals surface area contributed by atoms with E-state index in [0.717, 1.165) is 37.7 Å². The monoisotopic (exact) mass is 398 g/mol. The fourth-order valence-electron chi connectivity index (χ4n) is 2.63. The third-order valence-corrected chi connectivity index (χ3v) is 4.13. The summed E-state index contributed by atoms with van der Waals surface area (Å²) in [6.45, 7) is 10.1. The molecule has 1 aromatic rings. The smallest absolute Gasteiger partial charge is 0.0900 e. The lowest BCUT2D eigenvalue weighted by Crippen LogP contribution is -2.48. The number of ether oxygens (including phenoxy) is 1. The summed E-state index contributed by atoms with van der Waals surface area (Å²) in [5, 5.41) is 10.8. The number of aliphatic hydroxyl groups is 1. The van der Waals surface area contributed by atoms with E-state index in [1.54, 1.807) is 0 Å². The molecule has 0 bridgehead atoms. The number of benzene rings is 1. The van der Waals surface area contributed by atoms with Gasteiger partial charge < -0.3 is 9.84 Å². The number of nitrogens with zero attached hydrogens (tertiary/aromatic N) is 2. The molecule has 1 heterocycles. The van der Waals surface area contributed by atoms with Gasteiger partial charge in [-0.05, 0) is 31.5 Å². The van der Waals surface area contributed by atoms with Crippen LogP contribution in [0, 0.1) is 0 Å². The number of piperazine rings is 1. The van der Waals surface area contributed by atoms with Gasteiger partial charge in [0.25, 0.3) is 0 Å². The average molecular weight is 400 g/mol. The van der Waals surface area contributed by atoms with E-state index in [2.05, 4.69) is 21.9 Å². The van der Waals surface area contributed by atoms with Gasteiger partial charge in [-0.15, -0.1) is 24.8 Å². The van der Waals surface area contributed by atoms with Crippen LogP contribution in [0.4, 0.5) is 0 Å². The molecule has 0 amide bonds. The molecule has 0 aliphatic carbocycles. The molecule has 0 spiro atoms. The Labute approximate surface area is 162 Å². The Morgan fingerprint density at radius 1 is 1.04 bits per heavy atom. The second kappa shape index (κ2) is 12.3. The average Bonchev–Trinajstić information content (AvgIpc) is 2.49. The molecule has 1 N–H and O–H groups in total. The van der Waals surface area contributed by atoms with Crippen LogP contribution in [0.15, 0.2) is 24.3 Å². The zero-order valence-electron chi connectivity index (χ0n) is 14.4. The third kappa shape index (κ3) is 8.86. The Morgan fingerprint density at radius 2 is 1.58 bits per heavy atom. The van der Waals surface area contributed by atoms with E-state index in [-0.39, 0.29) is 30.9 Å². The molecule has 1 fully saturated rings. The van der Waals surface area contributed by atoms with E-state index in [0.29, 0.717) is 13.2 Å². The van der Waals surface area contributed by atoms with Crippen molar-refractivity contribution in [3.05, 3.63) is 34.9 Å². The lowest BCUT2D eigenvalue weighted by atomic mass is 10.2. The van der Waals surface area contributed by atoms with Gasteiger partial charge in [0.15, 0.2) is 0 Å². The van der Waals surface area contributed by atoms with Crippen LogP contribution in [0.25, 0.3) is 0 Å². The van der Waals surface area contributed by atoms with Crippen molar-refractivity contribution in [3.63, 3.8) is 0 Å². The molecule has 7 heteroatoms. The second-order valence-corrected chi connectivity index (χ2v) is 6.68. The largest absolute Gasteiger partial charge is 0.389 e. The topological polar surface area (TPSA) is 35.9 Å². The Bertz CT molecular complexity index is 438. The van der Waals surface area contributed by atoms with E-state index in [4.69, 9.17) is 16.3 Å². The third-order valence-electron chi connectivity index (χ3n) is 3.88. The molecule has 1 saturated heterocycles. The molecule has 24 heavy (non-hydrogen) atoms. The van der Waals surface area contributed by atoms with Crippen molar-refractivity contribution in [1.82, 2.24) is 9.80 Å². The molecular weight excluding hydrogens is 371 g/mol. The maximum Gasteiger partial charge on any atom is 0.0900 e. The van der Waals surface area contributed by atoms with Crippen molar-refractivity contribution < 1.29 is 9.84 Å². The van der Waals surface area contributed by atoms with Crippen molar-refractivity contribution in [2.45, 2.75) is 32.6 Å².